The van der Waals surface area contributed by atoms with Gasteiger partial charge in [0.1, 0.15) is 0 Å². The van der Waals surface area contributed by atoms with E-state index in [1.54, 1.807) is 0 Å². The van der Waals surface area contributed by atoms with Gasteiger partial charge in [0.05, 0.1) is 12.2 Å². The summed E-state index contributed by atoms with van der Waals surface area (Å²) in [4.78, 5) is 0. The highest BCUT2D eigenvalue weighted by Gasteiger charge is 2.21. The summed E-state index contributed by atoms with van der Waals surface area (Å²) >= 11 is 3.33. The monoisotopic (exact) mass is 208 g/mol. The number of rotatable bonds is 4. The lowest BCUT2D eigenvalue weighted by molar-refractivity contribution is -0.0421. The predicted octanol–water partition coefficient (Wildman–Crippen LogP) is 2.83. The van der Waals surface area contributed by atoms with E-state index >= 15 is 0 Å². The number of hydrogen-bond acceptors (Lipinski definition) is 1. The maximum atomic E-state index is 5.59. The van der Waals surface area contributed by atoms with E-state index in [0.717, 1.165) is 11.9 Å². The Morgan fingerprint density at radius 1 is 1.40 bits per heavy atom. The zero-order valence-electron chi connectivity index (χ0n) is 7.28. The van der Waals surface area contributed by atoms with Gasteiger partial charge in [-0.3, -0.25) is 0 Å². The smallest absolute Gasteiger partial charge is 0.0649 e. The van der Waals surface area contributed by atoms with Crippen molar-refractivity contribution in [3.05, 3.63) is 0 Å². The molecule has 0 unspecified atom stereocenters. The molecule has 2 heteroatoms. The quantitative estimate of drug-likeness (QED) is 0.647. The molecular weight excluding hydrogens is 192 g/mol. The van der Waals surface area contributed by atoms with Crippen LogP contribution in [0.15, 0.2) is 0 Å². The van der Waals surface area contributed by atoms with Crippen LogP contribution < -0.4 is 0 Å². The van der Waals surface area contributed by atoms with Crippen molar-refractivity contribution >= 4 is 15.9 Å². The van der Waals surface area contributed by atoms with Gasteiger partial charge < -0.3 is 4.74 Å². The van der Waals surface area contributed by atoms with Gasteiger partial charge in [-0.2, -0.15) is 0 Å². The lowest BCUT2D eigenvalue weighted by Crippen LogP contribution is -2.31. The van der Waals surface area contributed by atoms with Crippen LogP contribution in [0.3, 0.4) is 0 Å². The van der Waals surface area contributed by atoms with Crippen molar-refractivity contribution in [1.82, 2.24) is 0 Å². The third-order valence-electron chi connectivity index (χ3n) is 1.94. The molecule has 0 N–H and O–H groups in total. The Balaban J connectivity index is 3.63. The van der Waals surface area contributed by atoms with Gasteiger partial charge in [-0.15, -0.1) is 0 Å². The molecule has 0 spiro atoms. The molecule has 0 aromatic rings. The molecule has 0 amide bonds. The number of ether oxygens (including phenoxy) is 1. The van der Waals surface area contributed by atoms with E-state index in [0.29, 0.717) is 5.92 Å². The summed E-state index contributed by atoms with van der Waals surface area (Å²) in [6.45, 7) is 9.40. The number of hydrogen-bond donors (Lipinski definition) is 0. The summed E-state index contributed by atoms with van der Waals surface area (Å²) in [6, 6.07) is 0. The molecule has 0 saturated heterocycles. The first-order chi connectivity index (χ1) is 4.50. The molecule has 0 atom stereocenters. The minimum absolute atomic E-state index is 0.0216. The van der Waals surface area contributed by atoms with Gasteiger partial charge in [-0.25, -0.2) is 0 Å². The van der Waals surface area contributed by atoms with Gasteiger partial charge in [0.2, 0.25) is 0 Å². The minimum atomic E-state index is 0.0216. The average molecular weight is 209 g/mol. The summed E-state index contributed by atoms with van der Waals surface area (Å²) in [7, 11) is 0. The van der Waals surface area contributed by atoms with Crippen LogP contribution >= 0.6 is 15.9 Å². The van der Waals surface area contributed by atoms with Crippen LogP contribution in [0.1, 0.15) is 27.7 Å². The van der Waals surface area contributed by atoms with Crippen LogP contribution in [0.4, 0.5) is 0 Å². The third-order valence-corrected chi connectivity index (χ3v) is 2.27. The van der Waals surface area contributed by atoms with Crippen LogP contribution in [0, 0.1) is 5.92 Å². The van der Waals surface area contributed by atoms with Crippen LogP contribution in [0.5, 0.6) is 0 Å². The normalized spacial score (nSPS) is 12.6. The standard InChI is InChI=1S/C8H17BrO/c1-7(2)8(3,4)10-6-5-9/h7H,5-6H2,1-4H3. The largest absolute Gasteiger partial charge is 0.374 e. The van der Waals surface area contributed by atoms with Crippen molar-refractivity contribution in [2.24, 2.45) is 5.92 Å². The van der Waals surface area contributed by atoms with E-state index in [4.69, 9.17) is 4.74 Å². The van der Waals surface area contributed by atoms with Crippen LogP contribution in [-0.4, -0.2) is 17.5 Å². The molecule has 1 nitrogen and oxygen atoms in total. The third kappa shape index (κ3) is 3.57. The van der Waals surface area contributed by atoms with Gasteiger partial charge in [0, 0.05) is 5.33 Å². The molecule has 10 heavy (non-hydrogen) atoms. The second-order valence-electron chi connectivity index (χ2n) is 3.30. The summed E-state index contributed by atoms with van der Waals surface area (Å²) in [5.74, 6) is 0.576. The van der Waals surface area contributed by atoms with E-state index < -0.39 is 0 Å². The second-order valence-corrected chi connectivity index (χ2v) is 4.09. The lowest BCUT2D eigenvalue weighted by atomic mass is 9.95. The second kappa shape index (κ2) is 4.35. The van der Waals surface area contributed by atoms with E-state index in [-0.39, 0.29) is 5.60 Å². The van der Waals surface area contributed by atoms with E-state index in [1.807, 2.05) is 0 Å². The molecular formula is C8H17BrO. The summed E-state index contributed by atoms with van der Waals surface area (Å²) in [6.07, 6.45) is 0. The lowest BCUT2D eigenvalue weighted by Gasteiger charge is -2.29. The SMILES string of the molecule is CC(C)C(C)(C)OCCBr. The van der Waals surface area contributed by atoms with Crippen LogP contribution in [0.2, 0.25) is 0 Å². The molecule has 0 rings (SSSR count). The average Bonchev–Trinajstić information content (AvgIpc) is 1.84. The maximum Gasteiger partial charge on any atom is 0.0649 e. The summed E-state index contributed by atoms with van der Waals surface area (Å²) in [5, 5.41) is 0.920. The maximum absolute atomic E-state index is 5.59. The molecule has 0 aromatic carbocycles. The van der Waals surface area contributed by atoms with Crippen molar-refractivity contribution in [1.29, 1.82) is 0 Å². The molecule has 0 aliphatic heterocycles. The van der Waals surface area contributed by atoms with Gasteiger partial charge in [-0.1, -0.05) is 29.8 Å². The Morgan fingerprint density at radius 2 is 1.90 bits per heavy atom. The van der Waals surface area contributed by atoms with E-state index in [1.165, 1.54) is 0 Å². The van der Waals surface area contributed by atoms with E-state index in [2.05, 4.69) is 43.6 Å². The molecule has 0 radical (unpaired) electrons. The molecule has 0 saturated carbocycles. The first kappa shape index (κ1) is 10.4. The Morgan fingerprint density at radius 3 is 2.20 bits per heavy atom. The van der Waals surface area contributed by atoms with Crippen molar-refractivity contribution in [2.45, 2.75) is 33.3 Å². The fourth-order valence-corrected chi connectivity index (χ4v) is 0.630. The first-order valence-corrected chi connectivity index (χ1v) is 4.82. The fourth-order valence-electron chi connectivity index (χ4n) is 0.468. The minimum Gasteiger partial charge on any atom is -0.374 e. The molecule has 0 fully saturated rings. The van der Waals surface area contributed by atoms with Crippen molar-refractivity contribution in [3.8, 4) is 0 Å². The van der Waals surface area contributed by atoms with Crippen molar-refractivity contribution in [2.75, 3.05) is 11.9 Å². The summed E-state index contributed by atoms with van der Waals surface area (Å²) in [5.41, 5.74) is 0.0216. The number of halogens is 1. The highest BCUT2D eigenvalue weighted by Crippen LogP contribution is 2.19. The van der Waals surface area contributed by atoms with Gasteiger partial charge in [-0.05, 0) is 19.8 Å². The summed E-state index contributed by atoms with van der Waals surface area (Å²) < 4.78 is 5.59. The molecule has 0 aromatic heterocycles. The zero-order valence-corrected chi connectivity index (χ0v) is 8.86. The molecule has 0 bridgehead atoms. The Bertz CT molecular complexity index is 89.3. The zero-order chi connectivity index (χ0) is 8.20. The molecule has 62 valence electrons. The Hall–Kier alpha value is 0.440. The molecule has 0 aliphatic rings. The fraction of sp³-hybridized carbons (Fsp3) is 1.00. The van der Waals surface area contributed by atoms with Crippen molar-refractivity contribution < 1.29 is 4.74 Å². The molecule has 0 aliphatic carbocycles. The highest BCUT2D eigenvalue weighted by molar-refractivity contribution is 9.09. The van der Waals surface area contributed by atoms with Gasteiger partial charge in [0.25, 0.3) is 0 Å². The highest BCUT2D eigenvalue weighted by atomic mass is 79.9. The Labute approximate surface area is 72.3 Å². The Kier molecular flexibility index (Phi) is 4.54. The van der Waals surface area contributed by atoms with Crippen LogP contribution in [0.25, 0.3) is 0 Å². The van der Waals surface area contributed by atoms with Gasteiger partial charge in [0.15, 0.2) is 0 Å². The van der Waals surface area contributed by atoms with Crippen LogP contribution in [-0.2, 0) is 4.74 Å². The number of alkyl halides is 1. The topological polar surface area (TPSA) is 9.23 Å². The van der Waals surface area contributed by atoms with Crippen molar-refractivity contribution in [3.63, 3.8) is 0 Å². The first-order valence-electron chi connectivity index (χ1n) is 3.70. The predicted molar refractivity (Wildman–Crippen MR) is 48.7 cm³/mol. The van der Waals surface area contributed by atoms with Gasteiger partial charge >= 0.3 is 0 Å². The molecule has 0 heterocycles. The van der Waals surface area contributed by atoms with E-state index in [9.17, 15) is 0 Å².